The van der Waals surface area contributed by atoms with Gasteiger partial charge >= 0.3 is 0 Å². The van der Waals surface area contributed by atoms with Gasteiger partial charge in [-0.15, -0.1) is 0 Å². The molecule has 0 spiro atoms. The zero-order valence-electron chi connectivity index (χ0n) is 9.16. The van der Waals surface area contributed by atoms with Gasteiger partial charge in [-0.3, -0.25) is 0 Å². The molecule has 0 saturated heterocycles. The predicted molar refractivity (Wildman–Crippen MR) is 64.4 cm³/mol. The number of hydrogen-bond acceptors (Lipinski definition) is 1. The van der Waals surface area contributed by atoms with Crippen LogP contribution in [-0.2, 0) is 10.8 Å². The third-order valence-corrected chi connectivity index (χ3v) is 3.08. The van der Waals surface area contributed by atoms with Crippen LogP contribution in [0.15, 0.2) is 42.0 Å². The fraction of sp³-hybridized carbons (Fsp3) is 0.333. The first-order chi connectivity index (χ1) is 6.77. The maximum Gasteiger partial charge on any atom is 0.146 e. The minimum Gasteiger partial charge on any atom is -0.421 e. The van der Waals surface area contributed by atoms with E-state index in [4.69, 9.17) is 4.43 Å². The highest BCUT2D eigenvalue weighted by molar-refractivity contribution is 5.98. The lowest BCUT2D eigenvalue weighted by Crippen LogP contribution is -2.16. The van der Waals surface area contributed by atoms with Gasteiger partial charge in [-0.25, -0.2) is 0 Å². The van der Waals surface area contributed by atoms with Crippen LogP contribution in [0.5, 0.6) is 0 Å². The third-order valence-electron chi connectivity index (χ3n) is 2.51. The van der Waals surface area contributed by atoms with Crippen molar-refractivity contribution in [2.24, 2.45) is 0 Å². The van der Waals surface area contributed by atoms with Gasteiger partial charge in [-0.2, -0.15) is 0 Å². The molecule has 0 aliphatic heterocycles. The summed E-state index contributed by atoms with van der Waals surface area (Å²) >= 11 is 0. The van der Waals surface area contributed by atoms with Crippen LogP contribution in [0.2, 0.25) is 0 Å². The molecule has 0 heterocycles. The van der Waals surface area contributed by atoms with E-state index in [1.165, 1.54) is 11.1 Å². The van der Waals surface area contributed by atoms with Gasteiger partial charge in [0, 0.05) is 6.42 Å². The van der Waals surface area contributed by atoms with Crippen molar-refractivity contribution in [2.75, 3.05) is 0 Å². The zero-order valence-corrected chi connectivity index (χ0v) is 11.2. The van der Waals surface area contributed by atoms with Crippen molar-refractivity contribution >= 4 is 10.5 Å². The summed E-state index contributed by atoms with van der Waals surface area (Å²) in [5, 5.41) is 0. The van der Waals surface area contributed by atoms with Gasteiger partial charge in [-0.05, 0) is 25.0 Å². The summed E-state index contributed by atoms with van der Waals surface area (Å²) < 4.78 is 5.58. The lowest BCUT2D eigenvalue weighted by atomic mass is 10.0. The second-order valence-electron chi connectivity index (χ2n) is 3.45. The van der Waals surface area contributed by atoms with Crippen molar-refractivity contribution in [1.82, 2.24) is 0 Å². The molecule has 2 heteroatoms. The first-order valence-corrected chi connectivity index (χ1v) is 5.79. The fourth-order valence-corrected chi connectivity index (χ4v) is 1.98. The summed E-state index contributed by atoms with van der Waals surface area (Å²) in [7, 11) is 0.795. The van der Waals surface area contributed by atoms with Crippen molar-refractivity contribution < 1.29 is 4.43 Å². The standard InChI is InChI=1S/C12H18OSi/c1-3-10(2)12(13-14)9-11-7-5-4-6-8-11/h3-8,12H,9H2,1-2,14H3. The van der Waals surface area contributed by atoms with Crippen LogP contribution in [0.1, 0.15) is 19.4 Å². The summed E-state index contributed by atoms with van der Waals surface area (Å²) in [5.41, 5.74) is 2.67. The summed E-state index contributed by atoms with van der Waals surface area (Å²) in [6.07, 6.45) is 3.39. The van der Waals surface area contributed by atoms with E-state index in [1.807, 2.05) is 6.07 Å². The van der Waals surface area contributed by atoms with Crippen LogP contribution >= 0.6 is 0 Å². The predicted octanol–water partition coefficient (Wildman–Crippen LogP) is 1.86. The van der Waals surface area contributed by atoms with Crippen LogP contribution in [-0.4, -0.2) is 16.6 Å². The first-order valence-electron chi connectivity index (χ1n) is 4.97. The molecular formula is C12H18OSi. The van der Waals surface area contributed by atoms with Gasteiger partial charge < -0.3 is 4.43 Å². The van der Waals surface area contributed by atoms with E-state index >= 15 is 0 Å². The molecule has 0 aromatic heterocycles. The Balaban J connectivity index is 2.67. The number of benzene rings is 1. The van der Waals surface area contributed by atoms with Crippen LogP contribution in [0.25, 0.3) is 0 Å². The van der Waals surface area contributed by atoms with Crippen molar-refractivity contribution in [3.8, 4) is 0 Å². The summed E-state index contributed by atoms with van der Waals surface area (Å²) in [6.45, 7) is 4.19. The Bertz CT molecular complexity index is 292. The lowest BCUT2D eigenvalue weighted by Gasteiger charge is -2.16. The molecule has 0 N–H and O–H groups in total. The Morgan fingerprint density at radius 3 is 2.57 bits per heavy atom. The Kier molecular flexibility index (Phi) is 4.63. The molecule has 1 rings (SSSR count). The molecule has 76 valence electrons. The van der Waals surface area contributed by atoms with Gasteiger partial charge in [0.2, 0.25) is 0 Å². The highest BCUT2D eigenvalue weighted by atomic mass is 28.2. The topological polar surface area (TPSA) is 9.23 Å². The van der Waals surface area contributed by atoms with Crippen molar-refractivity contribution in [3.63, 3.8) is 0 Å². The Labute approximate surface area is 89.3 Å². The van der Waals surface area contributed by atoms with Gasteiger partial charge in [0.15, 0.2) is 0 Å². The highest BCUT2D eigenvalue weighted by Crippen LogP contribution is 2.12. The molecule has 1 unspecified atom stereocenters. The Morgan fingerprint density at radius 1 is 1.43 bits per heavy atom. The lowest BCUT2D eigenvalue weighted by molar-refractivity contribution is 0.261. The van der Waals surface area contributed by atoms with E-state index in [0.29, 0.717) is 0 Å². The van der Waals surface area contributed by atoms with Crippen LogP contribution in [0.3, 0.4) is 0 Å². The maximum absolute atomic E-state index is 5.58. The van der Waals surface area contributed by atoms with E-state index < -0.39 is 0 Å². The van der Waals surface area contributed by atoms with Crippen molar-refractivity contribution in [2.45, 2.75) is 26.4 Å². The number of allylic oxidation sites excluding steroid dienone is 1. The molecule has 1 aromatic carbocycles. The number of rotatable bonds is 4. The molecule has 1 atom stereocenters. The highest BCUT2D eigenvalue weighted by Gasteiger charge is 2.08. The quantitative estimate of drug-likeness (QED) is 0.540. The Hall–Kier alpha value is -0.863. The molecule has 14 heavy (non-hydrogen) atoms. The molecule has 1 nitrogen and oxygen atoms in total. The zero-order chi connectivity index (χ0) is 10.4. The van der Waals surface area contributed by atoms with Gasteiger partial charge in [-0.1, -0.05) is 36.4 Å². The Morgan fingerprint density at radius 2 is 2.07 bits per heavy atom. The number of hydrogen-bond donors (Lipinski definition) is 0. The summed E-state index contributed by atoms with van der Waals surface area (Å²) in [5.74, 6) is 0. The molecular weight excluding hydrogens is 188 g/mol. The molecule has 0 saturated carbocycles. The van der Waals surface area contributed by atoms with E-state index in [0.717, 1.165) is 16.9 Å². The van der Waals surface area contributed by atoms with E-state index in [9.17, 15) is 0 Å². The second-order valence-corrected chi connectivity index (χ2v) is 3.92. The smallest absolute Gasteiger partial charge is 0.146 e. The molecule has 0 bridgehead atoms. The fourth-order valence-electron chi connectivity index (χ4n) is 1.44. The molecule has 0 aliphatic carbocycles. The SMILES string of the molecule is CC=C(C)C(Cc1ccccc1)O[SiH3]. The van der Waals surface area contributed by atoms with Gasteiger partial charge in [0.1, 0.15) is 10.5 Å². The second kappa shape index (κ2) is 5.78. The van der Waals surface area contributed by atoms with Gasteiger partial charge in [0.25, 0.3) is 0 Å². The summed E-state index contributed by atoms with van der Waals surface area (Å²) in [4.78, 5) is 0. The van der Waals surface area contributed by atoms with E-state index in [-0.39, 0.29) is 6.10 Å². The molecule has 0 amide bonds. The molecule has 0 radical (unpaired) electrons. The van der Waals surface area contributed by atoms with E-state index in [2.05, 4.69) is 44.2 Å². The largest absolute Gasteiger partial charge is 0.421 e. The average molecular weight is 206 g/mol. The summed E-state index contributed by atoms with van der Waals surface area (Å²) in [6, 6.07) is 10.5. The minimum absolute atomic E-state index is 0.272. The first kappa shape index (κ1) is 11.2. The molecule has 0 aliphatic rings. The van der Waals surface area contributed by atoms with Crippen LogP contribution in [0.4, 0.5) is 0 Å². The van der Waals surface area contributed by atoms with Crippen LogP contribution < -0.4 is 0 Å². The average Bonchev–Trinajstić information content (AvgIpc) is 2.26. The van der Waals surface area contributed by atoms with E-state index in [1.54, 1.807) is 0 Å². The normalized spacial score (nSPS) is 14.3. The monoisotopic (exact) mass is 206 g/mol. The maximum atomic E-state index is 5.58. The minimum atomic E-state index is 0.272. The third kappa shape index (κ3) is 3.12. The van der Waals surface area contributed by atoms with Crippen LogP contribution in [0, 0.1) is 0 Å². The molecule has 1 aromatic rings. The molecule has 0 fully saturated rings. The van der Waals surface area contributed by atoms with Crippen molar-refractivity contribution in [1.29, 1.82) is 0 Å². The van der Waals surface area contributed by atoms with Gasteiger partial charge in [0.05, 0.1) is 6.10 Å². The van der Waals surface area contributed by atoms with Crippen molar-refractivity contribution in [3.05, 3.63) is 47.5 Å².